The van der Waals surface area contributed by atoms with Gasteiger partial charge < -0.3 is 26.5 Å². The second-order valence-electron chi connectivity index (χ2n) is 10.1. The topological polar surface area (TPSA) is 29.5 Å². The molecule has 0 aromatic heterocycles. The number of quaternary nitrogens is 1. The van der Waals surface area contributed by atoms with Gasteiger partial charge in [0.15, 0.2) is 0 Å². The molecule has 6 aliphatic rings. The Labute approximate surface area is 166 Å². The SMILES string of the molecule is C[N+]12CCC34c5ccccc5N5C(=O)C[C@@H]6OCC[C@H](C1)[C@H](C[C@@H]32)[C@@H]6[C@H]54.[Cl-]. The monoisotopic (exact) mass is 386 g/mol. The predicted octanol–water partition coefficient (Wildman–Crippen LogP) is -0.679. The molecule has 0 radical (unpaired) electrons. The van der Waals surface area contributed by atoms with Crippen molar-refractivity contribution in [3.63, 3.8) is 0 Å². The first-order valence-electron chi connectivity index (χ1n) is 10.5. The zero-order valence-corrected chi connectivity index (χ0v) is 16.6. The number of para-hydroxylation sites is 1. The number of hydrogen-bond donors (Lipinski definition) is 0. The van der Waals surface area contributed by atoms with Crippen LogP contribution >= 0.6 is 0 Å². The molecule has 0 N–H and O–H groups in total. The minimum Gasteiger partial charge on any atom is -1.00 e. The lowest BCUT2D eigenvalue weighted by molar-refractivity contribution is -0.934. The molecule has 2 unspecified atom stereocenters. The number of piperidine rings is 2. The third-order valence-corrected chi connectivity index (χ3v) is 9.36. The van der Waals surface area contributed by atoms with Crippen molar-refractivity contribution in [3.05, 3.63) is 29.8 Å². The van der Waals surface area contributed by atoms with E-state index in [-0.39, 0.29) is 23.9 Å². The van der Waals surface area contributed by atoms with E-state index in [1.807, 2.05) is 0 Å². The fraction of sp³-hybridized carbons (Fsp3) is 0.682. The van der Waals surface area contributed by atoms with Crippen LogP contribution in [-0.2, 0) is 14.9 Å². The van der Waals surface area contributed by atoms with E-state index in [1.165, 1.54) is 48.1 Å². The zero-order valence-electron chi connectivity index (χ0n) is 15.8. The highest BCUT2D eigenvalue weighted by atomic mass is 35.5. The second kappa shape index (κ2) is 5.08. The van der Waals surface area contributed by atoms with E-state index in [0.29, 0.717) is 30.3 Å². The van der Waals surface area contributed by atoms with Gasteiger partial charge in [-0.3, -0.25) is 4.79 Å². The van der Waals surface area contributed by atoms with E-state index in [2.05, 4.69) is 36.2 Å². The van der Waals surface area contributed by atoms with Crippen LogP contribution in [0, 0.1) is 17.8 Å². The van der Waals surface area contributed by atoms with Crippen LogP contribution in [0.3, 0.4) is 0 Å². The van der Waals surface area contributed by atoms with Crippen LogP contribution in [0.15, 0.2) is 24.3 Å². The number of likely N-dealkylation sites (N-methyl/N-ethyl adjacent to an activating group) is 1. The highest BCUT2D eigenvalue weighted by Gasteiger charge is 2.75. The summed E-state index contributed by atoms with van der Waals surface area (Å²) in [4.78, 5) is 15.5. The summed E-state index contributed by atoms with van der Waals surface area (Å²) in [5.74, 6) is 2.37. The number of amides is 1. The van der Waals surface area contributed by atoms with Crippen LogP contribution in [0.25, 0.3) is 0 Å². The minimum absolute atomic E-state index is 0. The Morgan fingerprint density at radius 1 is 1.30 bits per heavy atom. The van der Waals surface area contributed by atoms with Crippen molar-refractivity contribution in [2.45, 2.75) is 49.3 Å². The molecule has 2 bridgehead atoms. The summed E-state index contributed by atoms with van der Waals surface area (Å²) in [6.07, 6.45) is 4.52. The summed E-state index contributed by atoms with van der Waals surface area (Å²) >= 11 is 0. The van der Waals surface area contributed by atoms with Gasteiger partial charge in [-0.1, -0.05) is 18.2 Å². The molecule has 5 fully saturated rings. The summed E-state index contributed by atoms with van der Waals surface area (Å²) in [7, 11) is 2.51. The van der Waals surface area contributed by atoms with Crippen LogP contribution in [0.2, 0.25) is 0 Å². The van der Waals surface area contributed by atoms with Crippen molar-refractivity contribution in [3.8, 4) is 0 Å². The van der Waals surface area contributed by atoms with E-state index < -0.39 is 0 Å². The van der Waals surface area contributed by atoms with Crippen LogP contribution < -0.4 is 17.3 Å². The number of hydrogen-bond acceptors (Lipinski definition) is 2. The Kier molecular flexibility index (Phi) is 3.17. The molecule has 7 rings (SSSR count). The normalized spacial score (nSPS) is 50.7. The van der Waals surface area contributed by atoms with Gasteiger partial charge in [-0.15, -0.1) is 0 Å². The van der Waals surface area contributed by atoms with Gasteiger partial charge in [0.25, 0.3) is 0 Å². The first-order chi connectivity index (χ1) is 12.6. The number of fused-ring (bicyclic) bond motifs is 2. The van der Waals surface area contributed by atoms with Gasteiger partial charge in [-0.25, -0.2) is 0 Å². The van der Waals surface area contributed by atoms with Crippen molar-refractivity contribution in [1.29, 1.82) is 0 Å². The first kappa shape index (κ1) is 16.8. The smallest absolute Gasteiger partial charge is 0.229 e. The maximum Gasteiger partial charge on any atom is 0.229 e. The van der Waals surface area contributed by atoms with Gasteiger partial charge >= 0.3 is 0 Å². The largest absolute Gasteiger partial charge is 1.00 e. The van der Waals surface area contributed by atoms with Crippen molar-refractivity contribution >= 4 is 11.6 Å². The first-order valence-corrected chi connectivity index (χ1v) is 10.5. The Balaban J connectivity index is 0.00000146. The van der Waals surface area contributed by atoms with Gasteiger partial charge in [-0.05, 0) is 24.0 Å². The third kappa shape index (κ3) is 1.69. The van der Waals surface area contributed by atoms with E-state index in [0.717, 1.165) is 18.4 Å². The van der Waals surface area contributed by atoms with Crippen LogP contribution in [-0.4, -0.2) is 55.3 Å². The van der Waals surface area contributed by atoms with Gasteiger partial charge in [-0.2, -0.15) is 0 Å². The van der Waals surface area contributed by atoms with E-state index >= 15 is 0 Å². The quantitative estimate of drug-likeness (QED) is 0.553. The Bertz CT molecular complexity index is 845. The molecule has 8 atom stereocenters. The van der Waals surface area contributed by atoms with Crippen LogP contribution in [0.5, 0.6) is 0 Å². The summed E-state index contributed by atoms with van der Waals surface area (Å²) < 4.78 is 7.60. The minimum atomic E-state index is 0. The summed E-state index contributed by atoms with van der Waals surface area (Å²) in [6.45, 7) is 3.46. The maximum atomic E-state index is 13.3. The van der Waals surface area contributed by atoms with E-state index in [1.54, 1.807) is 0 Å². The van der Waals surface area contributed by atoms with Crippen molar-refractivity contribution < 1.29 is 26.4 Å². The van der Waals surface area contributed by atoms with Gasteiger partial charge in [0.05, 0.1) is 44.1 Å². The highest BCUT2D eigenvalue weighted by molar-refractivity contribution is 5.99. The summed E-state index contributed by atoms with van der Waals surface area (Å²) in [5, 5.41) is 0. The van der Waals surface area contributed by atoms with Crippen molar-refractivity contribution in [2.24, 2.45) is 17.8 Å². The summed E-state index contributed by atoms with van der Waals surface area (Å²) in [5.41, 5.74) is 2.87. The third-order valence-electron chi connectivity index (χ3n) is 9.36. The Morgan fingerprint density at radius 3 is 3.04 bits per heavy atom. The predicted molar refractivity (Wildman–Crippen MR) is 97.8 cm³/mol. The molecule has 144 valence electrons. The lowest BCUT2D eigenvalue weighted by Crippen LogP contribution is -3.00. The van der Waals surface area contributed by atoms with Gasteiger partial charge in [0.1, 0.15) is 6.04 Å². The molecule has 4 nitrogen and oxygen atoms in total. The number of rotatable bonds is 0. The molecule has 1 aromatic carbocycles. The number of halogens is 1. The Morgan fingerprint density at radius 2 is 2.15 bits per heavy atom. The molecule has 5 heteroatoms. The molecule has 27 heavy (non-hydrogen) atoms. The highest BCUT2D eigenvalue weighted by Crippen LogP contribution is 2.67. The molecule has 1 aliphatic carbocycles. The molecule has 5 heterocycles. The van der Waals surface area contributed by atoms with E-state index in [9.17, 15) is 4.79 Å². The zero-order chi connectivity index (χ0) is 17.3. The average molecular weight is 387 g/mol. The molecular weight excluding hydrogens is 360 g/mol. The molecule has 1 aromatic rings. The molecule has 1 spiro atoms. The average Bonchev–Trinajstić information content (AvgIpc) is 3.05. The lowest BCUT2D eigenvalue weighted by atomic mass is 9.52. The standard InChI is InChI=1S/C22H27N2O2.ClH/c1-24-8-7-22-15-4-2-3-5-16(15)23-19(25)11-17-20(21(22)23)14(10-18(22)24)13(12-24)6-9-26-17;/h2-5,13-14,17-18,20-21H,6-12H2,1H3;1H/q+1;/p-1/t13-,14+,17+,18+,20+,21+,22?,24?;/m1./s1. The number of carbonyl (C=O) groups is 1. The maximum absolute atomic E-state index is 13.3. The number of benzene rings is 1. The molecule has 4 saturated heterocycles. The van der Waals surface area contributed by atoms with Crippen molar-refractivity contribution in [1.82, 2.24) is 0 Å². The molecular formula is C22H27ClN2O2. The number of ether oxygens (including phenoxy) is 1. The van der Waals surface area contributed by atoms with Crippen LogP contribution in [0.4, 0.5) is 5.69 Å². The second-order valence-corrected chi connectivity index (χ2v) is 10.1. The number of nitrogens with zero attached hydrogens (tertiary/aromatic N) is 2. The lowest BCUT2D eigenvalue weighted by Gasteiger charge is -2.60. The molecule has 1 saturated carbocycles. The summed E-state index contributed by atoms with van der Waals surface area (Å²) in [6, 6.07) is 9.89. The molecule has 5 aliphatic heterocycles. The van der Waals surface area contributed by atoms with Crippen molar-refractivity contribution in [2.75, 3.05) is 31.6 Å². The fourth-order valence-electron chi connectivity index (χ4n) is 8.64. The van der Waals surface area contributed by atoms with Gasteiger partial charge in [0, 0.05) is 37.0 Å². The number of carbonyl (C=O) groups excluding carboxylic acids is 1. The fourth-order valence-corrected chi connectivity index (χ4v) is 8.64. The van der Waals surface area contributed by atoms with Crippen LogP contribution in [0.1, 0.15) is 31.2 Å². The van der Waals surface area contributed by atoms with Gasteiger partial charge in [0.2, 0.25) is 5.91 Å². The Hall–Kier alpha value is -1.10. The molecule has 1 amide bonds. The number of anilines is 1. The van der Waals surface area contributed by atoms with E-state index in [4.69, 9.17) is 4.74 Å².